The summed E-state index contributed by atoms with van der Waals surface area (Å²) in [5.41, 5.74) is 0.283. The first-order valence-electron chi connectivity index (χ1n) is 11.3. The molecule has 32 heavy (non-hydrogen) atoms. The zero-order chi connectivity index (χ0) is 22.7. The van der Waals surface area contributed by atoms with Crippen LogP contribution in [0.3, 0.4) is 0 Å². The summed E-state index contributed by atoms with van der Waals surface area (Å²) in [6.45, 7) is 3.76. The van der Waals surface area contributed by atoms with E-state index in [4.69, 9.17) is 14.6 Å². The van der Waals surface area contributed by atoms with Crippen LogP contribution < -0.4 is 5.32 Å². The van der Waals surface area contributed by atoms with E-state index in [-0.39, 0.29) is 41.8 Å². The molecule has 3 saturated heterocycles. The van der Waals surface area contributed by atoms with Gasteiger partial charge in [0.2, 0.25) is 5.91 Å². The number of fused-ring (bicyclic) bond motifs is 1. The van der Waals surface area contributed by atoms with Crippen molar-refractivity contribution in [2.45, 2.75) is 50.7 Å². The normalized spacial score (nSPS) is 30.0. The maximum absolute atomic E-state index is 12.9. The van der Waals surface area contributed by atoms with E-state index >= 15 is 0 Å². The van der Waals surface area contributed by atoms with Gasteiger partial charge >= 0.3 is 0 Å². The average Bonchev–Trinajstić information content (AvgIpc) is 3.59. The Morgan fingerprint density at radius 2 is 2.00 bits per heavy atom. The molecule has 1 aliphatic carbocycles. The van der Waals surface area contributed by atoms with Crippen molar-refractivity contribution in [3.8, 4) is 0 Å². The van der Waals surface area contributed by atoms with Crippen molar-refractivity contribution in [2.24, 2.45) is 17.8 Å². The van der Waals surface area contributed by atoms with Crippen LogP contribution in [0.5, 0.6) is 0 Å². The van der Waals surface area contributed by atoms with Crippen molar-refractivity contribution < 1.29 is 24.2 Å². The molecular weight excluding hydrogens is 412 g/mol. The van der Waals surface area contributed by atoms with Crippen LogP contribution in [0, 0.1) is 17.8 Å². The number of ether oxygens (including phenoxy) is 1. The lowest BCUT2D eigenvalue weighted by Crippen LogP contribution is -2.42. The van der Waals surface area contributed by atoms with Gasteiger partial charge in [0.15, 0.2) is 0 Å². The minimum Gasteiger partial charge on any atom is -0.483 e. The number of hydrogen-bond acceptors (Lipinski definition) is 6. The van der Waals surface area contributed by atoms with Crippen molar-refractivity contribution in [3.63, 3.8) is 0 Å². The summed E-state index contributed by atoms with van der Waals surface area (Å²) in [5.74, 6) is 1.51. The summed E-state index contributed by atoms with van der Waals surface area (Å²) in [6.07, 6.45) is 12.1. The first-order valence-corrected chi connectivity index (χ1v) is 11.3. The lowest BCUT2D eigenvalue weighted by atomic mass is 9.73. The predicted molar refractivity (Wildman–Crippen MR) is 115 cm³/mol. The molecule has 2 amide bonds. The predicted octanol–water partition coefficient (Wildman–Crippen LogP) is 1.44. The molecule has 9 heteroatoms. The van der Waals surface area contributed by atoms with Crippen LogP contribution in [0.4, 0.5) is 0 Å². The smallest absolute Gasteiger partial charge is 0.290 e. The molecule has 0 aromatic carbocycles. The van der Waals surface area contributed by atoms with E-state index in [0.29, 0.717) is 24.6 Å². The van der Waals surface area contributed by atoms with E-state index in [9.17, 15) is 9.59 Å². The van der Waals surface area contributed by atoms with Gasteiger partial charge in [-0.25, -0.2) is 9.97 Å². The monoisotopic (exact) mass is 442 g/mol. The summed E-state index contributed by atoms with van der Waals surface area (Å²) >= 11 is 0. The molecular formula is C23H30N4O5. The van der Waals surface area contributed by atoms with Crippen molar-refractivity contribution in [2.75, 3.05) is 19.6 Å². The van der Waals surface area contributed by atoms with Crippen LogP contribution in [-0.4, -0.2) is 69.6 Å². The highest BCUT2D eigenvalue weighted by molar-refractivity contribution is 5.93. The van der Waals surface area contributed by atoms with Crippen LogP contribution in [0.2, 0.25) is 0 Å². The Morgan fingerprint density at radius 1 is 1.31 bits per heavy atom. The molecule has 0 radical (unpaired) electrons. The molecule has 1 aromatic rings. The molecule has 3 fully saturated rings. The van der Waals surface area contributed by atoms with E-state index in [1.165, 1.54) is 0 Å². The molecule has 1 spiro atoms. The van der Waals surface area contributed by atoms with Gasteiger partial charge in [0, 0.05) is 49.7 Å². The van der Waals surface area contributed by atoms with Gasteiger partial charge in [-0.1, -0.05) is 19.1 Å². The van der Waals surface area contributed by atoms with Gasteiger partial charge in [-0.15, -0.1) is 0 Å². The van der Waals surface area contributed by atoms with Crippen molar-refractivity contribution in [3.05, 3.63) is 35.9 Å². The number of nitrogens with one attached hydrogen (secondary N) is 1. The number of amides is 2. The molecule has 0 unspecified atom stereocenters. The molecule has 0 saturated carbocycles. The van der Waals surface area contributed by atoms with Gasteiger partial charge in [0.1, 0.15) is 5.82 Å². The summed E-state index contributed by atoms with van der Waals surface area (Å²) < 4.78 is 6.42. The molecule has 5 rings (SSSR count). The summed E-state index contributed by atoms with van der Waals surface area (Å²) in [4.78, 5) is 44.3. The largest absolute Gasteiger partial charge is 0.483 e. The highest BCUT2D eigenvalue weighted by atomic mass is 16.5. The fraction of sp³-hybridized carbons (Fsp3) is 0.609. The number of carbonyl (C=O) groups excluding carboxylic acids is 2. The molecule has 9 nitrogen and oxygen atoms in total. The maximum Gasteiger partial charge on any atom is 0.290 e. The first kappa shape index (κ1) is 22.4. The number of likely N-dealkylation sites (tertiary alicyclic amines) is 1. The second kappa shape index (κ2) is 9.36. The lowest BCUT2D eigenvalue weighted by molar-refractivity contribution is -0.135. The number of aromatic nitrogens is 2. The lowest BCUT2D eigenvalue weighted by Gasteiger charge is -2.29. The van der Waals surface area contributed by atoms with Crippen LogP contribution in [0.1, 0.15) is 48.8 Å². The standard InChI is InChI=1S/C22H28N4O3.CH2O2/c1-2-19-23-9-15(10-24-19)20(27)25-11-16-17-12-26(21(28)14-5-3-4-6-14)13-22(17)8-7-18(16)29-22;2-1-3/h3-4,9-10,14,16-18H,2,5-8,11-13H2,1H3,(H,25,27);1H,(H,2,3)/t16-,17+,18+,22+;/m0./s1. The first-order chi connectivity index (χ1) is 15.5. The third-order valence-corrected chi connectivity index (χ3v) is 7.23. The second-order valence-corrected chi connectivity index (χ2v) is 8.95. The molecule has 2 bridgehead atoms. The van der Waals surface area contributed by atoms with Crippen molar-refractivity contribution >= 4 is 18.3 Å². The Hall–Kier alpha value is -2.81. The minimum atomic E-state index is -0.250. The van der Waals surface area contributed by atoms with Crippen LogP contribution in [0.25, 0.3) is 0 Å². The number of carboxylic acid groups (broad SMARTS) is 1. The zero-order valence-electron chi connectivity index (χ0n) is 18.3. The van der Waals surface area contributed by atoms with Gasteiger partial charge in [-0.05, 0) is 25.7 Å². The highest BCUT2D eigenvalue weighted by Gasteiger charge is 2.63. The Morgan fingerprint density at radius 3 is 2.66 bits per heavy atom. The molecule has 2 N–H and O–H groups in total. The number of rotatable bonds is 5. The zero-order valence-corrected chi connectivity index (χ0v) is 18.3. The number of nitrogens with zero attached hydrogens (tertiary/aromatic N) is 3. The summed E-state index contributed by atoms with van der Waals surface area (Å²) in [6, 6.07) is 0. The van der Waals surface area contributed by atoms with E-state index in [0.717, 1.165) is 44.5 Å². The van der Waals surface area contributed by atoms with Crippen LogP contribution >= 0.6 is 0 Å². The fourth-order valence-corrected chi connectivity index (χ4v) is 5.68. The Labute approximate surface area is 187 Å². The number of carbonyl (C=O) groups is 3. The Balaban J connectivity index is 0.000000775. The quantitative estimate of drug-likeness (QED) is 0.523. The van der Waals surface area contributed by atoms with Crippen molar-refractivity contribution in [1.29, 1.82) is 0 Å². The number of allylic oxidation sites excluding steroid dienone is 2. The van der Waals surface area contributed by atoms with Crippen LogP contribution in [-0.2, 0) is 20.7 Å². The summed E-state index contributed by atoms with van der Waals surface area (Å²) in [7, 11) is 0. The highest BCUT2D eigenvalue weighted by Crippen LogP contribution is 2.54. The maximum atomic E-state index is 12.9. The Bertz CT molecular complexity index is 881. The van der Waals surface area contributed by atoms with Gasteiger partial charge < -0.3 is 20.1 Å². The van der Waals surface area contributed by atoms with Crippen LogP contribution in [0.15, 0.2) is 24.5 Å². The van der Waals surface area contributed by atoms with Gasteiger partial charge in [0.25, 0.3) is 12.4 Å². The molecule has 4 heterocycles. The van der Waals surface area contributed by atoms with E-state index in [2.05, 4.69) is 27.4 Å². The molecule has 3 aliphatic heterocycles. The topological polar surface area (TPSA) is 122 Å². The molecule has 172 valence electrons. The summed E-state index contributed by atoms with van der Waals surface area (Å²) in [5, 5.41) is 9.95. The van der Waals surface area contributed by atoms with Crippen molar-refractivity contribution in [1.82, 2.24) is 20.2 Å². The van der Waals surface area contributed by atoms with Gasteiger partial charge in [-0.2, -0.15) is 0 Å². The average molecular weight is 443 g/mol. The molecule has 4 atom stereocenters. The SMILES string of the molecule is CCc1ncc(C(=O)NC[C@H]2[C@H]3CN(C(=O)C4CC=CC4)C[C@]34CC[C@H]2O4)cn1.O=CO. The van der Waals surface area contributed by atoms with E-state index in [1.54, 1.807) is 12.4 Å². The van der Waals surface area contributed by atoms with E-state index < -0.39 is 0 Å². The number of hydrogen-bond donors (Lipinski definition) is 2. The third-order valence-electron chi connectivity index (χ3n) is 7.23. The number of aryl methyl sites for hydroxylation is 1. The fourth-order valence-electron chi connectivity index (χ4n) is 5.68. The van der Waals surface area contributed by atoms with E-state index in [1.807, 2.05) is 11.8 Å². The molecule has 1 aromatic heterocycles. The minimum absolute atomic E-state index is 0.103. The Kier molecular flexibility index (Phi) is 6.55. The van der Waals surface area contributed by atoms with Gasteiger partial charge in [0.05, 0.1) is 23.8 Å². The molecule has 4 aliphatic rings. The van der Waals surface area contributed by atoms with Gasteiger partial charge in [-0.3, -0.25) is 14.4 Å². The third kappa shape index (κ3) is 4.13. The second-order valence-electron chi connectivity index (χ2n) is 8.95.